The van der Waals surface area contributed by atoms with Crippen LogP contribution in [-0.4, -0.2) is 9.97 Å². The third-order valence-electron chi connectivity index (χ3n) is 2.26. The molecule has 0 saturated heterocycles. The van der Waals surface area contributed by atoms with Crippen LogP contribution in [0.4, 0.5) is 10.1 Å². The molecule has 0 aliphatic carbocycles. The van der Waals surface area contributed by atoms with Crippen molar-refractivity contribution in [3.63, 3.8) is 0 Å². The van der Waals surface area contributed by atoms with Crippen LogP contribution in [0.15, 0.2) is 36.8 Å². The number of nitrogen functional groups attached to an aromatic ring is 1. The van der Waals surface area contributed by atoms with Crippen LogP contribution in [-0.2, 0) is 0 Å². The molecule has 2 rings (SSSR count). The first-order valence-corrected chi connectivity index (χ1v) is 5.14. The zero-order valence-corrected chi connectivity index (χ0v) is 9.30. The summed E-state index contributed by atoms with van der Waals surface area (Å²) in [5, 5.41) is 0. The van der Waals surface area contributed by atoms with Crippen LogP contribution in [0, 0.1) is 5.82 Å². The molecule has 0 saturated carbocycles. The number of nitrogens with zero attached hydrogens (tertiary/aromatic N) is 2. The molecule has 1 unspecified atom stereocenters. The Labute approximate surface area is 98.3 Å². The Bertz CT molecular complexity index is 504. The normalized spacial score (nSPS) is 12.1. The summed E-state index contributed by atoms with van der Waals surface area (Å²) < 4.78 is 18.9. The number of nitrogens with two attached hydrogens (primary N) is 1. The predicted molar refractivity (Wildman–Crippen MR) is 61.9 cm³/mol. The van der Waals surface area contributed by atoms with Crippen molar-refractivity contribution in [3.05, 3.63) is 48.3 Å². The third-order valence-corrected chi connectivity index (χ3v) is 2.26. The molecule has 2 N–H and O–H groups in total. The number of ether oxygens (including phenoxy) is 1. The van der Waals surface area contributed by atoms with Gasteiger partial charge in [0, 0.05) is 24.1 Å². The fraction of sp³-hybridized carbons (Fsp3) is 0.167. The molecule has 1 aromatic carbocycles. The van der Waals surface area contributed by atoms with Crippen molar-refractivity contribution in [3.8, 4) is 5.75 Å². The van der Waals surface area contributed by atoms with Gasteiger partial charge in [-0.15, -0.1) is 0 Å². The van der Waals surface area contributed by atoms with E-state index in [4.69, 9.17) is 10.5 Å². The van der Waals surface area contributed by atoms with Gasteiger partial charge in [0.1, 0.15) is 6.10 Å². The predicted octanol–water partition coefficient (Wildman–Crippen LogP) is 2.34. The maximum absolute atomic E-state index is 13.5. The maximum atomic E-state index is 13.5. The summed E-state index contributed by atoms with van der Waals surface area (Å²) in [4.78, 5) is 8.02. The van der Waals surface area contributed by atoms with Crippen LogP contribution < -0.4 is 10.5 Å². The molecule has 1 atom stereocenters. The minimum absolute atomic E-state index is 0.150. The van der Waals surface area contributed by atoms with E-state index in [0.29, 0.717) is 11.4 Å². The Morgan fingerprint density at radius 1 is 1.35 bits per heavy atom. The second kappa shape index (κ2) is 4.78. The maximum Gasteiger partial charge on any atom is 0.167 e. The van der Waals surface area contributed by atoms with Gasteiger partial charge in [0.25, 0.3) is 0 Å². The summed E-state index contributed by atoms with van der Waals surface area (Å²) in [7, 11) is 0. The minimum Gasteiger partial charge on any atom is -0.481 e. The van der Waals surface area contributed by atoms with E-state index in [1.54, 1.807) is 31.6 Å². The van der Waals surface area contributed by atoms with Gasteiger partial charge in [0.2, 0.25) is 0 Å². The van der Waals surface area contributed by atoms with Crippen molar-refractivity contribution >= 4 is 5.69 Å². The van der Waals surface area contributed by atoms with Crippen LogP contribution in [0.1, 0.15) is 18.7 Å². The number of hydrogen-bond donors (Lipinski definition) is 1. The molecule has 0 bridgehead atoms. The quantitative estimate of drug-likeness (QED) is 0.826. The lowest BCUT2D eigenvalue weighted by molar-refractivity contribution is 0.211. The van der Waals surface area contributed by atoms with E-state index >= 15 is 0 Å². The fourth-order valence-electron chi connectivity index (χ4n) is 1.38. The van der Waals surface area contributed by atoms with Gasteiger partial charge in [-0.3, -0.25) is 9.97 Å². The monoisotopic (exact) mass is 233 g/mol. The lowest BCUT2D eigenvalue weighted by Crippen LogP contribution is -2.06. The van der Waals surface area contributed by atoms with Gasteiger partial charge in [-0.25, -0.2) is 4.39 Å². The average molecular weight is 233 g/mol. The summed E-state index contributed by atoms with van der Waals surface area (Å²) in [5.74, 6) is -0.335. The summed E-state index contributed by atoms with van der Waals surface area (Å²) in [5.41, 5.74) is 6.46. The second-order valence-electron chi connectivity index (χ2n) is 3.58. The van der Waals surface area contributed by atoms with Crippen LogP contribution in [0.3, 0.4) is 0 Å². The molecular weight excluding hydrogens is 221 g/mol. The first-order chi connectivity index (χ1) is 8.16. The van der Waals surface area contributed by atoms with E-state index in [-0.39, 0.29) is 11.9 Å². The molecule has 0 spiro atoms. The number of anilines is 1. The highest BCUT2D eigenvalue weighted by Crippen LogP contribution is 2.24. The molecule has 17 heavy (non-hydrogen) atoms. The molecule has 5 heteroatoms. The highest BCUT2D eigenvalue weighted by molar-refractivity contribution is 5.42. The van der Waals surface area contributed by atoms with Gasteiger partial charge < -0.3 is 10.5 Å². The highest BCUT2D eigenvalue weighted by atomic mass is 19.1. The molecule has 0 fully saturated rings. The molecule has 0 aliphatic heterocycles. The summed E-state index contributed by atoms with van der Waals surface area (Å²) in [6, 6.07) is 4.30. The van der Waals surface area contributed by atoms with Crippen LogP contribution in [0.5, 0.6) is 5.75 Å². The highest BCUT2D eigenvalue weighted by Gasteiger charge is 2.11. The number of aromatic nitrogens is 2. The van der Waals surface area contributed by atoms with E-state index in [0.717, 1.165) is 0 Å². The van der Waals surface area contributed by atoms with Crippen molar-refractivity contribution in [2.45, 2.75) is 13.0 Å². The SMILES string of the molecule is CC(Oc1ccc(N)cc1F)c1cnccn1. The largest absolute Gasteiger partial charge is 0.481 e. The Hall–Kier alpha value is -2.17. The molecular formula is C12H12FN3O. The summed E-state index contributed by atoms with van der Waals surface area (Å²) in [6.07, 6.45) is 4.34. The molecule has 4 nitrogen and oxygen atoms in total. The van der Waals surface area contributed by atoms with Crippen molar-refractivity contribution in [1.82, 2.24) is 9.97 Å². The van der Waals surface area contributed by atoms with E-state index in [9.17, 15) is 4.39 Å². The Balaban J connectivity index is 2.16. The number of hydrogen-bond acceptors (Lipinski definition) is 4. The van der Waals surface area contributed by atoms with Crippen LogP contribution >= 0.6 is 0 Å². The van der Waals surface area contributed by atoms with Crippen molar-refractivity contribution in [2.75, 3.05) is 5.73 Å². The van der Waals surface area contributed by atoms with Gasteiger partial charge in [-0.1, -0.05) is 0 Å². The lowest BCUT2D eigenvalue weighted by Gasteiger charge is -2.14. The van der Waals surface area contributed by atoms with Crippen LogP contribution in [0.25, 0.3) is 0 Å². The fourth-order valence-corrected chi connectivity index (χ4v) is 1.38. The number of halogens is 1. The molecule has 1 heterocycles. The molecule has 0 aliphatic rings. The summed E-state index contributed by atoms with van der Waals surface area (Å²) >= 11 is 0. The lowest BCUT2D eigenvalue weighted by atomic mass is 10.2. The molecule has 2 aromatic rings. The summed E-state index contributed by atoms with van der Waals surface area (Å²) in [6.45, 7) is 1.78. The second-order valence-corrected chi connectivity index (χ2v) is 3.58. The number of rotatable bonds is 3. The smallest absolute Gasteiger partial charge is 0.167 e. The van der Waals surface area contributed by atoms with Gasteiger partial charge in [0.15, 0.2) is 11.6 Å². The van der Waals surface area contributed by atoms with Gasteiger partial charge in [0.05, 0.1) is 11.9 Å². The Kier molecular flexibility index (Phi) is 3.18. The standard InChI is InChI=1S/C12H12FN3O/c1-8(11-7-15-4-5-16-11)17-12-3-2-9(14)6-10(12)13/h2-8H,14H2,1H3. The van der Waals surface area contributed by atoms with Gasteiger partial charge in [-0.2, -0.15) is 0 Å². The molecule has 1 aromatic heterocycles. The Morgan fingerprint density at radius 2 is 2.18 bits per heavy atom. The van der Waals surface area contributed by atoms with Crippen LogP contribution in [0.2, 0.25) is 0 Å². The van der Waals surface area contributed by atoms with Gasteiger partial charge in [-0.05, 0) is 19.1 Å². The van der Waals surface area contributed by atoms with Crippen molar-refractivity contribution in [1.29, 1.82) is 0 Å². The first-order valence-electron chi connectivity index (χ1n) is 5.14. The van der Waals surface area contributed by atoms with E-state index in [2.05, 4.69) is 9.97 Å². The van der Waals surface area contributed by atoms with Crippen molar-refractivity contribution < 1.29 is 9.13 Å². The zero-order valence-electron chi connectivity index (χ0n) is 9.30. The number of benzene rings is 1. The minimum atomic E-state index is -0.485. The van der Waals surface area contributed by atoms with E-state index in [1.807, 2.05) is 0 Å². The van der Waals surface area contributed by atoms with E-state index < -0.39 is 5.82 Å². The molecule has 0 amide bonds. The molecule has 88 valence electrons. The topological polar surface area (TPSA) is 61.0 Å². The van der Waals surface area contributed by atoms with Gasteiger partial charge >= 0.3 is 0 Å². The first kappa shape index (κ1) is 11.3. The zero-order chi connectivity index (χ0) is 12.3. The van der Waals surface area contributed by atoms with E-state index in [1.165, 1.54) is 12.1 Å². The third kappa shape index (κ3) is 2.69. The Morgan fingerprint density at radius 3 is 2.82 bits per heavy atom. The molecule has 0 radical (unpaired) electrons. The van der Waals surface area contributed by atoms with Crippen molar-refractivity contribution in [2.24, 2.45) is 0 Å². The average Bonchev–Trinajstić information content (AvgIpc) is 2.34.